The number of thiocarbonyl (C=S) groups is 1. The summed E-state index contributed by atoms with van der Waals surface area (Å²) in [4.78, 5) is 12.1. The van der Waals surface area contributed by atoms with Crippen LogP contribution in [0.4, 0.5) is 15.8 Å². The van der Waals surface area contributed by atoms with Gasteiger partial charge in [-0.2, -0.15) is 0 Å². The fourth-order valence-electron chi connectivity index (χ4n) is 2.30. The number of carbonyl (C=O) groups is 1. The maximum absolute atomic E-state index is 14.1. The Labute approximate surface area is 185 Å². The van der Waals surface area contributed by atoms with Gasteiger partial charge in [0.25, 0.3) is 0 Å². The van der Waals surface area contributed by atoms with Gasteiger partial charge in [-0.05, 0) is 58.5 Å². The van der Waals surface area contributed by atoms with E-state index in [0.717, 1.165) is 10.1 Å². The van der Waals surface area contributed by atoms with Crippen molar-refractivity contribution in [2.75, 3.05) is 17.7 Å². The van der Waals surface area contributed by atoms with E-state index in [4.69, 9.17) is 28.6 Å². The van der Waals surface area contributed by atoms with Gasteiger partial charge in [-0.3, -0.25) is 0 Å². The number of anilines is 2. The quantitative estimate of drug-likeness (QED) is 0.276. The van der Waals surface area contributed by atoms with Crippen molar-refractivity contribution in [3.8, 4) is 0 Å². The fraction of sp³-hybridized carbons (Fsp3) is 0.0588. The average molecular weight is 553 g/mol. The Morgan fingerprint density at radius 2 is 2.00 bits per heavy atom. The number of nitrogens with one attached hydrogen (secondary N) is 2. The minimum absolute atomic E-state index is 0.215. The monoisotopic (exact) mass is 550 g/mol. The summed E-state index contributed by atoms with van der Waals surface area (Å²) in [6.45, 7) is 0. The van der Waals surface area contributed by atoms with E-state index in [1.54, 1.807) is 24.3 Å². The molecule has 3 aromatic rings. The van der Waals surface area contributed by atoms with Crippen molar-refractivity contribution in [3.63, 3.8) is 0 Å². The summed E-state index contributed by atoms with van der Waals surface area (Å²) in [6, 6.07) is 8.40. The zero-order chi connectivity index (χ0) is 19.7. The molecule has 2 N–H and O–H groups in total. The topological polar surface area (TPSA) is 50.4 Å². The summed E-state index contributed by atoms with van der Waals surface area (Å²) in [7, 11) is 1.31. The zero-order valence-corrected chi connectivity index (χ0v) is 19.1. The summed E-state index contributed by atoms with van der Waals surface area (Å²) < 4.78 is 20.8. The Balaban J connectivity index is 1.82. The molecule has 0 aliphatic heterocycles. The molecule has 10 heteroatoms. The van der Waals surface area contributed by atoms with Gasteiger partial charge in [0, 0.05) is 24.7 Å². The van der Waals surface area contributed by atoms with E-state index in [-0.39, 0.29) is 10.8 Å². The van der Waals surface area contributed by atoms with Crippen molar-refractivity contribution in [2.45, 2.75) is 0 Å². The first-order valence-electron chi connectivity index (χ1n) is 7.33. The van der Waals surface area contributed by atoms with Crippen LogP contribution in [0.25, 0.3) is 10.1 Å². The second kappa shape index (κ2) is 8.40. The van der Waals surface area contributed by atoms with Gasteiger partial charge in [-0.1, -0.05) is 27.5 Å². The second-order valence-electron chi connectivity index (χ2n) is 5.27. The van der Waals surface area contributed by atoms with E-state index < -0.39 is 11.8 Å². The number of fused-ring (bicyclic) bond motifs is 1. The molecule has 0 spiro atoms. The lowest BCUT2D eigenvalue weighted by molar-refractivity contribution is 0.0606. The molecular formula is C17H10Br2ClFN2O2S2. The SMILES string of the molecule is COC(=O)c1sc2cc(NC(=S)Nc3c(F)cc(Br)cc3Br)ccc2c1Cl. The van der Waals surface area contributed by atoms with Gasteiger partial charge in [-0.15, -0.1) is 11.3 Å². The third kappa shape index (κ3) is 4.43. The zero-order valence-electron chi connectivity index (χ0n) is 13.5. The number of halogens is 4. The van der Waals surface area contributed by atoms with Crippen LogP contribution in [-0.4, -0.2) is 18.2 Å². The predicted octanol–water partition coefficient (Wildman–Crippen LogP) is 6.81. The van der Waals surface area contributed by atoms with Crippen LogP contribution in [0.3, 0.4) is 0 Å². The molecule has 0 saturated carbocycles. The first kappa shape index (κ1) is 20.5. The van der Waals surface area contributed by atoms with Crippen LogP contribution >= 0.6 is 67.0 Å². The van der Waals surface area contributed by atoms with E-state index in [2.05, 4.69) is 42.5 Å². The van der Waals surface area contributed by atoms with Gasteiger partial charge in [-0.25, -0.2) is 9.18 Å². The van der Waals surface area contributed by atoms with Crippen LogP contribution in [0.5, 0.6) is 0 Å². The predicted molar refractivity (Wildman–Crippen MR) is 120 cm³/mol. The highest BCUT2D eigenvalue weighted by Gasteiger charge is 2.18. The summed E-state index contributed by atoms with van der Waals surface area (Å²) in [5, 5.41) is 7.13. The minimum Gasteiger partial charge on any atom is -0.465 e. The fourth-order valence-corrected chi connectivity index (χ4v) is 5.26. The number of carbonyl (C=O) groups excluding carboxylic acids is 1. The molecule has 4 nitrogen and oxygen atoms in total. The lowest BCUT2D eigenvalue weighted by Crippen LogP contribution is -2.20. The van der Waals surface area contributed by atoms with E-state index in [1.165, 1.54) is 24.5 Å². The molecule has 140 valence electrons. The highest BCUT2D eigenvalue weighted by molar-refractivity contribution is 9.11. The maximum Gasteiger partial charge on any atom is 0.349 e. The number of ether oxygens (including phenoxy) is 1. The Kier molecular flexibility index (Phi) is 6.37. The first-order chi connectivity index (χ1) is 12.8. The Bertz CT molecular complexity index is 1050. The van der Waals surface area contributed by atoms with E-state index in [9.17, 15) is 9.18 Å². The summed E-state index contributed by atoms with van der Waals surface area (Å²) in [5.41, 5.74) is 0.895. The largest absolute Gasteiger partial charge is 0.465 e. The molecule has 0 fully saturated rings. The van der Waals surface area contributed by atoms with Gasteiger partial charge in [0.15, 0.2) is 5.11 Å². The van der Waals surface area contributed by atoms with Crippen LogP contribution in [0, 0.1) is 5.82 Å². The van der Waals surface area contributed by atoms with Crippen LogP contribution < -0.4 is 10.6 Å². The van der Waals surface area contributed by atoms with Gasteiger partial charge in [0.2, 0.25) is 0 Å². The molecule has 0 atom stereocenters. The molecule has 0 saturated heterocycles. The lowest BCUT2D eigenvalue weighted by atomic mass is 10.2. The molecule has 2 aromatic carbocycles. The number of rotatable bonds is 3. The van der Waals surface area contributed by atoms with Crippen LogP contribution in [0.1, 0.15) is 9.67 Å². The van der Waals surface area contributed by atoms with Crippen LogP contribution in [0.2, 0.25) is 5.02 Å². The number of thiophene rings is 1. The number of methoxy groups -OCH3 is 1. The molecule has 0 bridgehead atoms. The molecule has 1 heterocycles. The van der Waals surface area contributed by atoms with Crippen LogP contribution in [0.15, 0.2) is 39.3 Å². The van der Waals surface area contributed by atoms with Crippen molar-refractivity contribution >= 4 is 99.6 Å². The van der Waals surface area contributed by atoms with Crippen molar-refractivity contribution in [1.82, 2.24) is 0 Å². The van der Waals surface area contributed by atoms with E-state index in [0.29, 0.717) is 24.5 Å². The molecule has 1 aromatic heterocycles. The van der Waals surface area contributed by atoms with Gasteiger partial charge < -0.3 is 15.4 Å². The molecule has 0 aliphatic carbocycles. The summed E-state index contributed by atoms with van der Waals surface area (Å²) in [6.07, 6.45) is 0. The average Bonchev–Trinajstić information content (AvgIpc) is 2.93. The van der Waals surface area contributed by atoms with E-state index in [1.807, 2.05) is 0 Å². The van der Waals surface area contributed by atoms with E-state index >= 15 is 0 Å². The molecule has 0 radical (unpaired) electrons. The van der Waals surface area contributed by atoms with Gasteiger partial charge in [0.05, 0.1) is 17.8 Å². The smallest absolute Gasteiger partial charge is 0.349 e. The Morgan fingerprint density at radius 1 is 1.26 bits per heavy atom. The lowest BCUT2D eigenvalue weighted by Gasteiger charge is -2.13. The molecule has 27 heavy (non-hydrogen) atoms. The Hall–Kier alpha value is -1.26. The molecule has 3 rings (SSSR count). The normalized spacial score (nSPS) is 10.7. The summed E-state index contributed by atoms with van der Waals surface area (Å²) >= 11 is 19.3. The number of benzene rings is 2. The highest BCUT2D eigenvalue weighted by Crippen LogP contribution is 2.37. The highest BCUT2D eigenvalue weighted by atomic mass is 79.9. The third-order valence-corrected chi connectivity index (χ3v) is 6.43. The second-order valence-corrected chi connectivity index (χ2v) is 8.88. The van der Waals surface area contributed by atoms with Crippen molar-refractivity contribution < 1.29 is 13.9 Å². The molecule has 0 amide bonds. The molecule has 0 aliphatic rings. The summed E-state index contributed by atoms with van der Waals surface area (Å²) in [5.74, 6) is -0.938. The van der Waals surface area contributed by atoms with Gasteiger partial charge >= 0.3 is 5.97 Å². The molecule has 0 unspecified atom stereocenters. The number of hydrogen-bond acceptors (Lipinski definition) is 4. The number of esters is 1. The number of hydrogen-bond donors (Lipinski definition) is 2. The molecular weight excluding hydrogens is 543 g/mol. The van der Waals surface area contributed by atoms with Crippen molar-refractivity contribution in [2.24, 2.45) is 0 Å². The Morgan fingerprint density at radius 3 is 2.67 bits per heavy atom. The maximum atomic E-state index is 14.1. The van der Waals surface area contributed by atoms with Crippen molar-refractivity contribution in [1.29, 1.82) is 0 Å². The minimum atomic E-state index is -0.483. The standard InChI is InChI=1S/C17H10Br2ClFN2O2S2/c1-25-16(24)15-13(20)9-3-2-8(6-12(9)27-15)22-17(26)23-14-10(19)4-7(18)5-11(14)21/h2-6H,1H3,(H2,22,23,26). The van der Waals surface area contributed by atoms with Crippen LogP contribution in [-0.2, 0) is 4.74 Å². The first-order valence-corrected chi connectivity index (χ1v) is 10.5. The third-order valence-electron chi connectivity index (χ3n) is 3.50. The van der Waals surface area contributed by atoms with Gasteiger partial charge in [0.1, 0.15) is 10.7 Å². The van der Waals surface area contributed by atoms with Crippen molar-refractivity contribution in [3.05, 3.63) is 55.0 Å².